The largest absolute Gasteiger partial charge is 0.383 e. The SMILES string of the molecule is CCCCCCC(=O)N(CCOC)CC(=O)N1CCc2sccc2C1c1ccccc1. The smallest absolute Gasteiger partial charge is 0.242 e. The molecule has 6 heteroatoms. The Labute approximate surface area is 190 Å². The molecule has 0 bridgehead atoms. The molecule has 0 saturated carbocycles. The highest BCUT2D eigenvalue weighted by atomic mass is 32.1. The summed E-state index contributed by atoms with van der Waals surface area (Å²) in [6, 6.07) is 12.2. The molecule has 0 spiro atoms. The summed E-state index contributed by atoms with van der Waals surface area (Å²) < 4.78 is 5.20. The van der Waals surface area contributed by atoms with Gasteiger partial charge in [0.05, 0.1) is 19.2 Å². The molecule has 0 radical (unpaired) electrons. The van der Waals surface area contributed by atoms with Gasteiger partial charge in [0.1, 0.15) is 0 Å². The van der Waals surface area contributed by atoms with Gasteiger partial charge in [0.2, 0.25) is 11.8 Å². The van der Waals surface area contributed by atoms with Crippen molar-refractivity contribution >= 4 is 23.2 Å². The monoisotopic (exact) mass is 442 g/mol. The number of nitrogens with zero attached hydrogens (tertiary/aromatic N) is 2. The molecule has 1 aromatic carbocycles. The molecule has 1 unspecified atom stereocenters. The van der Waals surface area contributed by atoms with E-state index in [2.05, 4.69) is 30.5 Å². The first-order valence-electron chi connectivity index (χ1n) is 11.3. The molecule has 2 amide bonds. The molecule has 31 heavy (non-hydrogen) atoms. The van der Waals surface area contributed by atoms with E-state index in [1.54, 1.807) is 23.3 Å². The van der Waals surface area contributed by atoms with Crippen molar-refractivity contribution in [3.8, 4) is 0 Å². The van der Waals surface area contributed by atoms with E-state index in [9.17, 15) is 9.59 Å². The number of thiophene rings is 1. The van der Waals surface area contributed by atoms with Crippen LogP contribution >= 0.6 is 11.3 Å². The number of ether oxygens (including phenoxy) is 1. The van der Waals surface area contributed by atoms with Crippen molar-refractivity contribution in [2.75, 3.05) is 33.4 Å². The predicted molar refractivity (Wildman–Crippen MR) is 125 cm³/mol. The topological polar surface area (TPSA) is 49.9 Å². The van der Waals surface area contributed by atoms with Crippen LogP contribution in [0.15, 0.2) is 41.8 Å². The fourth-order valence-corrected chi connectivity index (χ4v) is 5.09. The first-order chi connectivity index (χ1) is 15.2. The van der Waals surface area contributed by atoms with Gasteiger partial charge in [0.15, 0.2) is 0 Å². The van der Waals surface area contributed by atoms with Gasteiger partial charge in [0, 0.05) is 31.5 Å². The van der Waals surface area contributed by atoms with E-state index in [0.29, 0.717) is 26.1 Å². The van der Waals surface area contributed by atoms with Crippen LogP contribution < -0.4 is 0 Å². The first-order valence-corrected chi connectivity index (χ1v) is 12.2. The van der Waals surface area contributed by atoms with Crippen molar-refractivity contribution in [1.82, 2.24) is 9.80 Å². The van der Waals surface area contributed by atoms with Gasteiger partial charge in [-0.25, -0.2) is 0 Å². The Morgan fingerprint density at radius 1 is 1.16 bits per heavy atom. The van der Waals surface area contributed by atoms with Gasteiger partial charge < -0.3 is 14.5 Å². The minimum Gasteiger partial charge on any atom is -0.383 e. The quantitative estimate of drug-likeness (QED) is 0.475. The van der Waals surface area contributed by atoms with Crippen molar-refractivity contribution in [3.05, 3.63) is 57.8 Å². The van der Waals surface area contributed by atoms with Crippen molar-refractivity contribution in [2.24, 2.45) is 0 Å². The molecule has 2 heterocycles. The van der Waals surface area contributed by atoms with Crippen LogP contribution in [0.2, 0.25) is 0 Å². The normalized spacial score (nSPS) is 15.5. The fraction of sp³-hybridized carbons (Fsp3) is 0.520. The fourth-order valence-electron chi connectivity index (χ4n) is 4.19. The van der Waals surface area contributed by atoms with E-state index in [1.165, 1.54) is 10.4 Å². The maximum atomic E-state index is 13.5. The lowest BCUT2D eigenvalue weighted by atomic mass is 9.93. The molecule has 5 nitrogen and oxygen atoms in total. The van der Waals surface area contributed by atoms with Gasteiger partial charge in [-0.05, 0) is 35.4 Å². The van der Waals surface area contributed by atoms with Crippen LogP contribution in [-0.2, 0) is 20.7 Å². The Bertz CT molecular complexity index is 836. The van der Waals surface area contributed by atoms with Gasteiger partial charge in [0.25, 0.3) is 0 Å². The molecule has 2 aromatic rings. The van der Waals surface area contributed by atoms with E-state index in [1.807, 2.05) is 23.1 Å². The number of rotatable bonds is 11. The van der Waals surface area contributed by atoms with Crippen molar-refractivity contribution in [3.63, 3.8) is 0 Å². The number of hydrogen-bond donors (Lipinski definition) is 0. The summed E-state index contributed by atoms with van der Waals surface area (Å²) in [6.45, 7) is 3.83. The maximum Gasteiger partial charge on any atom is 0.242 e. The van der Waals surface area contributed by atoms with Crippen LogP contribution in [0.5, 0.6) is 0 Å². The number of fused-ring (bicyclic) bond motifs is 1. The lowest BCUT2D eigenvalue weighted by Gasteiger charge is -2.37. The second-order valence-electron chi connectivity index (χ2n) is 8.07. The maximum absolute atomic E-state index is 13.5. The average Bonchev–Trinajstić information content (AvgIpc) is 3.28. The number of methoxy groups -OCH3 is 1. The number of carbonyl (C=O) groups excluding carboxylic acids is 2. The zero-order valence-corrected chi connectivity index (χ0v) is 19.5. The molecule has 1 aliphatic heterocycles. The second kappa shape index (κ2) is 12.0. The predicted octanol–water partition coefficient (Wildman–Crippen LogP) is 4.67. The number of amides is 2. The Hall–Kier alpha value is -2.18. The number of unbranched alkanes of at least 4 members (excludes halogenated alkanes) is 3. The molecule has 1 aromatic heterocycles. The van der Waals surface area contributed by atoms with Gasteiger partial charge in [-0.2, -0.15) is 0 Å². The molecule has 168 valence electrons. The second-order valence-corrected chi connectivity index (χ2v) is 9.07. The van der Waals surface area contributed by atoms with Gasteiger partial charge in [-0.3, -0.25) is 9.59 Å². The molecule has 1 atom stereocenters. The van der Waals surface area contributed by atoms with Gasteiger partial charge >= 0.3 is 0 Å². The standard InChI is InChI=1S/C25H34N2O3S/c1-3-4-5-9-12-23(28)26(16-17-30-2)19-24(29)27-15-13-22-21(14-18-31-22)25(27)20-10-7-6-8-11-20/h6-8,10-11,14,18,25H,3-5,9,12-13,15-17,19H2,1-2H3. The van der Waals surface area contributed by atoms with Gasteiger partial charge in [-0.15, -0.1) is 11.3 Å². The summed E-state index contributed by atoms with van der Waals surface area (Å²) in [5.41, 5.74) is 2.33. The Balaban J connectivity index is 1.74. The number of benzene rings is 1. The molecule has 0 fully saturated rings. The molecule has 0 N–H and O–H groups in total. The van der Waals surface area contributed by atoms with E-state index in [4.69, 9.17) is 4.74 Å². The van der Waals surface area contributed by atoms with E-state index in [0.717, 1.165) is 37.7 Å². The third-order valence-corrected chi connectivity index (χ3v) is 6.89. The summed E-state index contributed by atoms with van der Waals surface area (Å²) >= 11 is 1.76. The number of carbonyl (C=O) groups is 2. The van der Waals surface area contributed by atoms with Crippen LogP contribution in [-0.4, -0.2) is 55.0 Å². The van der Waals surface area contributed by atoms with E-state index in [-0.39, 0.29) is 24.4 Å². The lowest BCUT2D eigenvalue weighted by molar-refractivity contribution is -0.142. The summed E-state index contributed by atoms with van der Waals surface area (Å²) in [5.74, 6) is 0.0507. The van der Waals surface area contributed by atoms with Crippen molar-refractivity contribution in [2.45, 2.75) is 51.5 Å². The van der Waals surface area contributed by atoms with E-state index >= 15 is 0 Å². The highest BCUT2D eigenvalue weighted by molar-refractivity contribution is 7.10. The van der Waals surface area contributed by atoms with Crippen LogP contribution in [0, 0.1) is 0 Å². The summed E-state index contributed by atoms with van der Waals surface area (Å²) in [4.78, 5) is 31.3. The highest BCUT2D eigenvalue weighted by Gasteiger charge is 2.33. The first kappa shape index (κ1) is 23.5. The zero-order chi connectivity index (χ0) is 22.1. The van der Waals surface area contributed by atoms with Crippen molar-refractivity contribution in [1.29, 1.82) is 0 Å². The lowest BCUT2D eigenvalue weighted by Crippen LogP contribution is -2.47. The van der Waals surface area contributed by atoms with Crippen LogP contribution in [0.3, 0.4) is 0 Å². The van der Waals surface area contributed by atoms with Crippen molar-refractivity contribution < 1.29 is 14.3 Å². The molecular weight excluding hydrogens is 408 g/mol. The minimum atomic E-state index is -0.0902. The zero-order valence-electron chi connectivity index (χ0n) is 18.7. The molecule has 3 rings (SSSR count). The van der Waals surface area contributed by atoms with Crippen LogP contribution in [0.25, 0.3) is 0 Å². The number of hydrogen-bond acceptors (Lipinski definition) is 4. The van der Waals surface area contributed by atoms with E-state index < -0.39 is 0 Å². The third kappa shape index (κ3) is 6.17. The van der Waals surface area contributed by atoms with Gasteiger partial charge in [-0.1, -0.05) is 56.5 Å². The molecule has 0 saturated heterocycles. The summed E-state index contributed by atoms with van der Waals surface area (Å²) in [5, 5.41) is 2.11. The average molecular weight is 443 g/mol. The molecule has 1 aliphatic rings. The Morgan fingerprint density at radius 2 is 1.97 bits per heavy atom. The summed E-state index contributed by atoms with van der Waals surface area (Å²) in [7, 11) is 1.62. The third-order valence-electron chi connectivity index (χ3n) is 5.89. The highest BCUT2D eigenvalue weighted by Crippen LogP contribution is 2.37. The summed E-state index contributed by atoms with van der Waals surface area (Å²) in [6.07, 6.45) is 5.57. The Morgan fingerprint density at radius 3 is 2.71 bits per heavy atom. The molecule has 0 aliphatic carbocycles. The van der Waals surface area contributed by atoms with Crippen LogP contribution in [0.1, 0.15) is 61.1 Å². The van der Waals surface area contributed by atoms with Crippen LogP contribution in [0.4, 0.5) is 0 Å². The minimum absolute atomic E-state index is 0.00344. The molecular formula is C25H34N2O3S. The Kier molecular flexibility index (Phi) is 9.10.